The third-order valence-corrected chi connectivity index (χ3v) is 3.98. The summed E-state index contributed by atoms with van der Waals surface area (Å²) in [5.74, 6) is 2.24. The van der Waals surface area contributed by atoms with Crippen LogP contribution in [0.3, 0.4) is 0 Å². The fourth-order valence-corrected chi connectivity index (χ4v) is 2.55. The van der Waals surface area contributed by atoms with Crippen LogP contribution in [0.5, 0.6) is 11.5 Å². The lowest BCUT2D eigenvalue weighted by Crippen LogP contribution is -2.25. The van der Waals surface area contributed by atoms with Gasteiger partial charge in [0, 0.05) is 7.05 Å². The number of nitrogens with zero attached hydrogens (tertiary/aromatic N) is 2. The van der Waals surface area contributed by atoms with Gasteiger partial charge in [-0.3, -0.25) is 4.79 Å². The van der Waals surface area contributed by atoms with Crippen molar-refractivity contribution in [1.29, 1.82) is 0 Å². The highest BCUT2D eigenvalue weighted by atomic mass is 16.5. The summed E-state index contributed by atoms with van der Waals surface area (Å²) >= 11 is 0. The van der Waals surface area contributed by atoms with Gasteiger partial charge in [0.1, 0.15) is 17.3 Å². The molecule has 0 radical (unpaired) electrons. The van der Waals surface area contributed by atoms with E-state index in [0.717, 1.165) is 22.6 Å². The molecule has 3 rings (SSSR count). The minimum atomic E-state index is -0.0689. The Morgan fingerprint density at radius 1 is 1.12 bits per heavy atom. The quantitative estimate of drug-likeness (QED) is 0.719. The van der Waals surface area contributed by atoms with E-state index in [1.165, 1.54) is 0 Å². The molecule has 0 aliphatic rings. The number of carbonyl (C=O) groups is 1. The topological polar surface area (TPSA) is 65.4 Å². The first-order valence-electron chi connectivity index (χ1n) is 8.11. The van der Waals surface area contributed by atoms with Crippen LogP contribution in [0.15, 0.2) is 48.5 Å². The first kappa shape index (κ1) is 16.8. The van der Waals surface area contributed by atoms with Crippen molar-refractivity contribution in [1.82, 2.24) is 14.9 Å². The predicted octanol–water partition coefficient (Wildman–Crippen LogP) is 2.67. The maximum Gasteiger partial charge on any atom is 0.223 e. The normalized spacial score (nSPS) is 10.6. The molecule has 0 bridgehead atoms. The fourth-order valence-electron chi connectivity index (χ4n) is 2.55. The van der Waals surface area contributed by atoms with Gasteiger partial charge in [-0.15, -0.1) is 0 Å². The van der Waals surface area contributed by atoms with Crippen molar-refractivity contribution in [2.24, 2.45) is 7.05 Å². The molecular weight excluding hydrogens is 318 g/mol. The molecular formula is C19H21N3O3. The molecule has 0 saturated heterocycles. The molecule has 0 unspecified atom stereocenters. The molecule has 1 amide bonds. The summed E-state index contributed by atoms with van der Waals surface area (Å²) in [5.41, 5.74) is 1.98. The summed E-state index contributed by atoms with van der Waals surface area (Å²) in [4.78, 5) is 16.5. The Labute approximate surface area is 146 Å². The molecule has 0 aliphatic carbocycles. The third-order valence-electron chi connectivity index (χ3n) is 3.98. The molecule has 2 aromatic carbocycles. The summed E-state index contributed by atoms with van der Waals surface area (Å²) < 4.78 is 12.6. The second-order valence-corrected chi connectivity index (χ2v) is 5.63. The van der Waals surface area contributed by atoms with Crippen molar-refractivity contribution < 1.29 is 14.3 Å². The molecule has 1 heterocycles. The zero-order valence-electron chi connectivity index (χ0n) is 14.4. The Bertz CT molecular complexity index is 856. The van der Waals surface area contributed by atoms with Crippen molar-refractivity contribution in [3.8, 4) is 11.5 Å². The van der Waals surface area contributed by atoms with E-state index in [9.17, 15) is 4.79 Å². The first-order valence-corrected chi connectivity index (χ1v) is 8.11. The van der Waals surface area contributed by atoms with Crippen molar-refractivity contribution in [3.63, 3.8) is 0 Å². The monoisotopic (exact) mass is 339 g/mol. The SMILES string of the molecule is COc1ccc(OCCC(=O)NCc2nc3ccccc3n2C)cc1. The molecule has 1 aromatic heterocycles. The number of para-hydroxylation sites is 2. The molecule has 0 aliphatic heterocycles. The number of carbonyl (C=O) groups excluding carboxylic acids is 1. The number of benzene rings is 2. The van der Waals surface area contributed by atoms with Gasteiger partial charge >= 0.3 is 0 Å². The van der Waals surface area contributed by atoms with Crippen LogP contribution < -0.4 is 14.8 Å². The number of fused-ring (bicyclic) bond motifs is 1. The number of ether oxygens (including phenoxy) is 2. The minimum absolute atomic E-state index is 0.0689. The number of imidazole rings is 1. The van der Waals surface area contributed by atoms with Gasteiger partial charge in [-0.1, -0.05) is 12.1 Å². The Kier molecular flexibility index (Phi) is 5.18. The number of nitrogens with one attached hydrogen (secondary N) is 1. The smallest absolute Gasteiger partial charge is 0.223 e. The van der Waals surface area contributed by atoms with Gasteiger partial charge < -0.3 is 19.4 Å². The van der Waals surface area contributed by atoms with Crippen molar-refractivity contribution in [3.05, 3.63) is 54.4 Å². The van der Waals surface area contributed by atoms with Gasteiger partial charge in [-0.2, -0.15) is 0 Å². The van der Waals surface area contributed by atoms with Crippen LogP contribution in [0.25, 0.3) is 11.0 Å². The van der Waals surface area contributed by atoms with E-state index in [1.54, 1.807) is 7.11 Å². The standard InChI is InChI=1S/C19H21N3O3/c1-22-17-6-4-3-5-16(17)21-18(22)13-20-19(23)11-12-25-15-9-7-14(24-2)8-10-15/h3-10H,11-13H2,1-2H3,(H,20,23). The molecule has 130 valence electrons. The van der Waals surface area contributed by atoms with E-state index in [-0.39, 0.29) is 12.3 Å². The second kappa shape index (κ2) is 7.70. The van der Waals surface area contributed by atoms with Crippen LogP contribution in [0.1, 0.15) is 12.2 Å². The number of methoxy groups -OCH3 is 1. The summed E-state index contributed by atoms with van der Waals surface area (Å²) in [6, 6.07) is 15.2. The molecule has 0 saturated carbocycles. The molecule has 6 heteroatoms. The maximum absolute atomic E-state index is 12.0. The van der Waals surface area contributed by atoms with E-state index < -0.39 is 0 Å². The van der Waals surface area contributed by atoms with E-state index in [4.69, 9.17) is 9.47 Å². The second-order valence-electron chi connectivity index (χ2n) is 5.63. The summed E-state index contributed by atoms with van der Waals surface area (Å²) in [5, 5.41) is 2.88. The molecule has 1 N–H and O–H groups in total. The van der Waals surface area contributed by atoms with E-state index in [0.29, 0.717) is 18.9 Å². The number of rotatable bonds is 7. The summed E-state index contributed by atoms with van der Waals surface area (Å²) in [7, 11) is 3.56. The number of hydrogen-bond donors (Lipinski definition) is 1. The molecule has 25 heavy (non-hydrogen) atoms. The molecule has 0 spiro atoms. The maximum atomic E-state index is 12.0. The highest BCUT2D eigenvalue weighted by Crippen LogP contribution is 2.17. The van der Waals surface area contributed by atoms with Gasteiger partial charge in [0.2, 0.25) is 5.91 Å². The number of aryl methyl sites for hydroxylation is 1. The number of amides is 1. The van der Waals surface area contributed by atoms with E-state index in [1.807, 2.05) is 60.1 Å². The fraction of sp³-hybridized carbons (Fsp3) is 0.263. The largest absolute Gasteiger partial charge is 0.497 e. The minimum Gasteiger partial charge on any atom is -0.497 e. The Hall–Kier alpha value is -3.02. The van der Waals surface area contributed by atoms with Gasteiger partial charge in [-0.05, 0) is 36.4 Å². The van der Waals surface area contributed by atoms with Crippen LogP contribution in [0, 0.1) is 0 Å². The van der Waals surface area contributed by atoms with Gasteiger partial charge in [0.15, 0.2) is 0 Å². The third kappa shape index (κ3) is 4.09. The van der Waals surface area contributed by atoms with Crippen LogP contribution in [0.4, 0.5) is 0 Å². The Morgan fingerprint density at radius 3 is 2.56 bits per heavy atom. The highest BCUT2D eigenvalue weighted by molar-refractivity contribution is 5.77. The average molecular weight is 339 g/mol. The van der Waals surface area contributed by atoms with Crippen molar-refractivity contribution in [2.75, 3.05) is 13.7 Å². The van der Waals surface area contributed by atoms with Crippen LogP contribution in [-0.2, 0) is 18.4 Å². The van der Waals surface area contributed by atoms with Gasteiger partial charge in [0.25, 0.3) is 0 Å². The average Bonchev–Trinajstić information content (AvgIpc) is 2.97. The summed E-state index contributed by atoms with van der Waals surface area (Å²) in [6.45, 7) is 0.716. The Balaban J connectivity index is 1.46. The Morgan fingerprint density at radius 2 is 1.84 bits per heavy atom. The highest BCUT2D eigenvalue weighted by Gasteiger charge is 2.08. The predicted molar refractivity (Wildman–Crippen MR) is 95.7 cm³/mol. The lowest BCUT2D eigenvalue weighted by molar-refractivity contribution is -0.121. The first-order chi connectivity index (χ1) is 12.2. The molecule has 0 atom stereocenters. The van der Waals surface area contributed by atoms with Gasteiger partial charge in [0.05, 0.1) is 37.7 Å². The molecule has 6 nitrogen and oxygen atoms in total. The van der Waals surface area contributed by atoms with Crippen LogP contribution in [0.2, 0.25) is 0 Å². The van der Waals surface area contributed by atoms with E-state index >= 15 is 0 Å². The lowest BCUT2D eigenvalue weighted by atomic mass is 10.3. The zero-order chi connectivity index (χ0) is 17.6. The lowest BCUT2D eigenvalue weighted by Gasteiger charge is -2.08. The van der Waals surface area contributed by atoms with Crippen LogP contribution in [-0.4, -0.2) is 29.2 Å². The zero-order valence-corrected chi connectivity index (χ0v) is 14.4. The van der Waals surface area contributed by atoms with Gasteiger partial charge in [-0.25, -0.2) is 4.98 Å². The van der Waals surface area contributed by atoms with Crippen molar-refractivity contribution >= 4 is 16.9 Å². The summed E-state index contributed by atoms with van der Waals surface area (Å²) in [6.07, 6.45) is 0.288. The van der Waals surface area contributed by atoms with Crippen LogP contribution >= 0.6 is 0 Å². The van der Waals surface area contributed by atoms with E-state index in [2.05, 4.69) is 10.3 Å². The number of hydrogen-bond acceptors (Lipinski definition) is 4. The molecule has 0 fully saturated rings. The van der Waals surface area contributed by atoms with Crippen molar-refractivity contribution in [2.45, 2.75) is 13.0 Å². The molecule has 3 aromatic rings. The number of aromatic nitrogens is 2.